The molecule has 1 aliphatic rings. The van der Waals surface area contributed by atoms with E-state index in [-0.39, 0.29) is 11.5 Å². The van der Waals surface area contributed by atoms with Crippen molar-refractivity contribution in [3.05, 3.63) is 65.6 Å². The Bertz CT molecular complexity index is 897. The van der Waals surface area contributed by atoms with Crippen LogP contribution in [0, 0.1) is 11.6 Å². The molecular weight excluding hydrogens is 326 g/mol. The van der Waals surface area contributed by atoms with Crippen LogP contribution in [-0.2, 0) is 0 Å². The van der Waals surface area contributed by atoms with Crippen molar-refractivity contribution in [3.63, 3.8) is 0 Å². The fraction of sp³-hybridized carbons (Fsp3) is 0.263. The van der Waals surface area contributed by atoms with Gasteiger partial charge in [0, 0.05) is 25.1 Å². The van der Waals surface area contributed by atoms with Gasteiger partial charge in [-0.05, 0) is 37.1 Å². The minimum absolute atomic E-state index is 0.0956. The Labute approximate surface area is 143 Å². The van der Waals surface area contributed by atoms with E-state index in [9.17, 15) is 13.6 Å². The molecule has 0 unspecified atom stereocenters. The van der Waals surface area contributed by atoms with E-state index in [2.05, 4.69) is 4.98 Å². The summed E-state index contributed by atoms with van der Waals surface area (Å²) in [5, 5.41) is 0. The number of benzene rings is 2. The number of piperidine rings is 1. The number of hydrogen-bond acceptors (Lipinski definition) is 3. The number of aromatic nitrogens is 1. The molecule has 0 aliphatic carbocycles. The number of rotatable bonds is 2. The molecule has 25 heavy (non-hydrogen) atoms. The lowest BCUT2D eigenvalue weighted by Gasteiger charge is -2.30. The predicted octanol–water partition coefficient (Wildman–Crippen LogP) is 4.13. The summed E-state index contributed by atoms with van der Waals surface area (Å²) >= 11 is 0. The Kier molecular flexibility index (Phi) is 3.95. The molecule has 4 nitrogen and oxygen atoms in total. The SMILES string of the molecule is O=C(c1ccc(F)cc1F)N1CCC(c2nc3ccccc3o2)CC1. The van der Waals surface area contributed by atoms with Gasteiger partial charge in [0.2, 0.25) is 0 Å². The van der Waals surface area contributed by atoms with E-state index in [4.69, 9.17) is 4.42 Å². The standard InChI is InChI=1S/C19H16F2N2O2/c20-13-5-6-14(15(21)11-13)19(24)23-9-7-12(8-10-23)18-22-16-3-1-2-4-17(16)25-18/h1-6,11-12H,7-10H2. The third-order valence-corrected chi connectivity index (χ3v) is 4.60. The van der Waals surface area contributed by atoms with Crippen molar-refractivity contribution in [3.8, 4) is 0 Å². The van der Waals surface area contributed by atoms with Crippen molar-refractivity contribution >= 4 is 17.0 Å². The Balaban J connectivity index is 1.46. The fourth-order valence-corrected chi connectivity index (χ4v) is 3.23. The molecule has 0 N–H and O–H groups in total. The molecule has 128 valence electrons. The number of para-hydroxylation sites is 2. The van der Waals surface area contributed by atoms with Crippen molar-refractivity contribution in [2.24, 2.45) is 0 Å². The molecule has 3 aromatic rings. The van der Waals surface area contributed by atoms with Crippen molar-refractivity contribution in [2.45, 2.75) is 18.8 Å². The molecule has 2 aromatic carbocycles. The number of hydrogen-bond donors (Lipinski definition) is 0. The van der Waals surface area contributed by atoms with Gasteiger partial charge in [-0.3, -0.25) is 4.79 Å². The number of fused-ring (bicyclic) bond motifs is 1. The van der Waals surface area contributed by atoms with Crippen LogP contribution >= 0.6 is 0 Å². The number of carbonyl (C=O) groups excluding carboxylic acids is 1. The molecule has 1 aliphatic heterocycles. The van der Waals surface area contributed by atoms with Gasteiger partial charge in [0.1, 0.15) is 17.2 Å². The average Bonchev–Trinajstić information content (AvgIpc) is 3.05. The monoisotopic (exact) mass is 342 g/mol. The van der Waals surface area contributed by atoms with Crippen LogP contribution in [0.15, 0.2) is 46.9 Å². The predicted molar refractivity (Wildman–Crippen MR) is 88.2 cm³/mol. The molecule has 0 radical (unpaired) electrons. The molecule has 0 spiro atoms. The maximum atomic E-state index is 13.8. The minimum atomic E-state index is -0.828. The molecule has 6 heteroatoms. The van der Waals surface area contributed by atoms with Crippen LogP contribution in [0.25, 0.3) is 11.1 Å². The number of amides is 1. The van der Waals surface area contributed by atoms with Gasteiger partial charge in [-0.15, -0.1) is 0 Å². The maximum absolute atomic E-state index is 13.8. The summed E-state index contributed by atoms with van der Waals surface area (Å²) in [6.07, 6.45) is 1.39. The van der Waals surface area contributed by atoms with Gasteiger partial charge in [0.15, 0.2) is 11.5 Å². The summed E-state index contributed by atoms with van der Waals surface area (Å²) in [5.74, 6) is -1.11. The van der Waals surface area contributed by atoms with E-state index in [0.29, 0.717) is 31.8 Å². The molecule has 1 amide bonds. The van der Waals surface area contributed by atoms with Crippen LogP contribution in [0.2, 0.25) is 0 Å². The Morgan fingerprint density at radius 1 is 1.12 bits per heavy atom. The van der Waals surface area contributed by atoms with E-state index in [1.165, 1.54) is 6.07 Å². The number of halogens is 2. The number of likely N-dealkylation sites (tertiary alicyclic amines) is 1. The molecule has 0 bridgehead atoms. The van der Waals surface area contributed by atoms with Crippen LogP contribution in [0.3, 0.4) is 0 Å². The highest BCUT2D eigenvalue weighted by molar-refractivity contribution is 5.94. The van der Waals surface area contributed by atoms with E-state index < -0.39 is 17.5 Å². The van der Waals surface area contributed by atoms with E-state index in [1.807, 2.05) is 24.3 Å². The molecule has 1 fully saturated rings. The van der Waals surface area contributed by atoms with Crippen molar-refractivity contribution in [1.29, 1.82) is 0 Å². The van der Waals surface area contributed by atoms with Crippen LogP contribution in [-0.4, -0.2) is 28.9 Å². The zero-order valence-electron chi connectivity index (χ0n) is 13.4. The third-order valence-electron chi connectivity index (χ3n) is 4.60. The van der Waals surface area contributed by atoms with Gasteiger partial charge < -0.3 is 9.32 Å². The first-order valence-electron chi connectivity index (χ1n) is 8.21. The minimum Gasteiger partial charge on any atom is -0.440 e. The number of carbonyl (C=O) groups is 1. The Morgan fingerprint density at radius 2 is 1.88 bits per heavy atom. The van der Waals surface area contributed by atoms with E-state index in [1.54, 1.807) is 4.90 Å². The molecule has 0 atom stereocenters. The molecule has 2 heterocycles. The van der Waals surface area contributed by atoms with E-state index in [0.717, 1.165) is 23.2 Å². The van der Waals surface area contributed by atoms with Crippen molar-refractivity contribution in [2.75, 3.05) is 13.1 Å². The molecule has 0 saturated carbocycles. The Hall–Kier alpha value is -2.76. The summed E-state index contributed by atoms with van der Waals surface area (Å²) < 4.78 is 32.6. The Morgan fingerprint density at radius 3 is 2.60 bits per heavy atom. The summed E-state index contributed by atoms with van der Waals surface area (Å²) in [7, 11) is 0. The van der Waals surface area contributed by atoms with Crippen LogP contribution in [0.5, 0.6) is 0 Å². The normalized spacial score (nSPS) is 15.7. The highest BCUT2D eigenvalue weighted by Gasteiger charge is 2.28. The first-order valence-corrected chi connectivity index (χ1v) is 8.21. The quantitative estimate of drug-likeness (QED) is 0.704. The smallest absolute Gasteiger partial charge is 0.256 e. The fourth-order valence-electron chi connectivity index (χ4n) is 3.23. The van der Waals surface area contributed by atoms with Gasteiger partial charge in [-0.2, -0.15) is 0 Å². The second-order valence-electron chi connectivity index (χ2n) is 6.21. The number of nitrogens with zero attached hydrogens (tertiary/aromatic N) is 2. The first kappa shape index (κ1) is 15.7. The average molecular weight is 342 g/mol. The van der Waals surface area contributed by atoms with Gasteiger partial charge >= 0.3 is 0 Å². The van der Waals surface area contributed by atoms with Gasteiger partial charge in [0.25, 0.3) is 5.91 Å². The van der Waals surface area contributed by atoms with Gasteiger partial charge in [-0.25, -0.2) is 13.8 Å². The first-order chi connectivity index (χ1) is 12.1. The van der Waals surface area contributed by atoms with Crippen molar-refractivity contribution < 1.29 is 18.0 Å². The van der Waals surface area contributed by atoms with Gasteiger partial charge in [0.05, 0.1) is 5.56 Å². The zero-order valence-corrected chi connectivity index (χ0v) is 13.4. The lowest BCUT2D eigenvalue weighted by atomic mass is 9.96. The summed E-state index contributed by atoms with van der Waals surface area (Å²) in [6.45, 7) is 0.970. The largest absolute Gasteiger partial charge is 0.440 e. The number of oxazole rings is 1. The van der Waals surface area contributed by atoms with Crippen LogP contribution in [0.1, 0.15) is 35.0 Å². The molecule has 1 aromatic heterocycles. The molecule has 1 saturated heterocycles. The van der Waals surface area contributed by atoms with Crippen LogP contribution < -0.4 is 0 Å². The van der Waals surface area contributed by atoms with Crippen LogP contribution in [0.4, 0.5) is 8.78 Å². The third kappa shape index (κ3) is 2.99. The summed E-state index contributed by atoms with van der Waals surface area (Å²) in [4.78, 5) is 18.5. The lowest BCUT2D eigenvalue weighted by Crippen LogP contribution is -2.38. The summed E-state index contributed by atoms with van der Waals surface area (Å²) in [5.41, 5.74) is 1.48. The lowest BCUT2D eigenvalue weighted by molar-refractivity contribution is 0.0702. The molecule has 4 rings (SSSR count). The highest BCUT2D eigenvalue weighted by Crippen LogP contribution is 2.30. The van der Waals surface area contributed by atoms with Crippen molar-refractivity contribution in [1.82, 2.24) is 9.88 Å². The highest BCUT2D eigenvalue weighted by atomic mass is 19.1. The summed E-state index contributed by atoms with van der Waals surface area (Å²) in [6, 6.07) is 10.6. The topological polar surface area (TPSA) is 46.3 Å². The second kappa shape index (κ2) is 6.27. The molecular formula is C19H16F2N2O2. The second-order valence-corrected chi connectivity index (χ2v) is 6.21. The zero-order chi connectivity index (χ0) is 17.4. The van der Waals surface area contributed by atoms with Gasteiger partial charge in [-0.1, -0.05) is 12.1 Å². The maximum Gasteiger partial charge on any atom is 0.256 e. The van der Waals surface area contributed by atoms with E-state index >= 15 is 0 Å².